The van der Waals surface area contributed by atoms with Crippen molar-refractivity contribution in [2.45, 2.75) is 52.4 Å². The topological polar surface area (TPSA) is 53.4 Å². The molecule has 0 saturated heterocycles. The van der Waals surface area contributed by atoms with E-state index in [-0.39, 0.29) is 10.8 Å². The van der Waals surface area contributed by atoms with Crippen molar-refractivity contribution in [3.8, 4) is 56.3 Å². The van der Waals surface area contributed by atoms with Crippen LogP contribution in [0.5, 0.6) is 11.5 Å². The van der Waals surface area contributed by atoms with Crippen LogP contribution in [0.3, 0.4) is 0 Å². The van der Waals surface area contributed by atoms with Crippen molar-refractivity contribution in [2.24, 2.45) is 0 Å². The van der Waals surface area contributed by atoms with E-state index in [1.54, 1.807) is 0 Å². The molecule has 0 saturated carbocycles. The lowest BCUT2D eigenvalue weighted by molar-refractivity contribution is 0.448. The molecular formula is C37H37NO2. The summed E-state index contributed by atoms with van der Waals surface area (Å²) in [6, 6.07) is 34.1. The van der Waals surface area contributed by atoms with Gasteiger partial charge in [0.05, 0.1) is 11.4 Å². The van der Waals surface area contributed by atoms with Gasteiger partial charge in [0, 0.05) is 22.3 Å². The van der Waals surface area contributed by atoms with Crippen molar-refractivity contribution in [1.82, 2.24) is 4.98 Å². The minimum Gasteiger partial charge on any atom is -0.507 e. The van der Waals surface area contributed by atoms with Crippen LogP contribution in [0.1, 0.15) is 52.7 Å². The van der Waals surface area contributed by atoms with Crippen molar-refractivity contribution in [2.75, 3.05) is 0 Å². The first-order valence-electron chi connectivity index (χ1n) is 13.8. The maximum Gasteiger partial charge on any atom is 0.127 e. The summed E-state index contributed by atoms with van der Waals surface area (Å²) in [5.74, 6) is 0.608. The number of aromatic nitrogens is 1. The first-order valence-corrected chi connectivity index (χ1v) is 13.8. The summed E-state index contributed by atoms with van der Waals surface area (Å²) in [5.41, 5.74) is 8.41. The number of para-hydroxylation sites is 2. The van der Waals surface area contributed by atoms with Gasteiger partial charge in [-0.15, -0.1) is 0 Å². The molecule has 1 aromatic heterocycles. The van der Waals surface area contributed by atoms with Gasteiger partial charge in [0.15, 0.2) is 0 Å². The maximum atomic E-state index is 11.3. The molecular weight excluding hydrogens is 490 g/mol. The van der Waals surface area contributed by atoms with Gasteiger partial charge in [-0.25, -0.2) is 4.98 Å². The van der Waals surface area contributed by atoms with Gasteiger partial charge < -0.3 is 10.2 Å². The number of pyridine rings is 1. The number of benzene rings is 4. The van der Waals surface area contributed by atoms with Crippen LogP contribution < -0.4 is 0 Å². The lowest BCUT2D eigenvalue weighted by Crippen LogP contribution is -2.11. The first kappa shape index (κ1) is 27.2. The van der Waals surface area contributed by atoms with E-state index in [2.05, 4.69) is 53.7 Å². The Morgan fingerprint density at radius 1 is 0.400 bits per heavy atom. The zero-order chi connectivity index (χ0) is 28.7. The molecule has 0 radical (unpaired) electrons. The summed E-state index contributed by atoms with van der Waals surface area (Å²) < 4.78 is 0. The van der Waals surface area contributed by atoms with Crippen LogP contribution in [0.15, 0.2) is 103 Å². The van der Waals surface area contributed by atoms with Gasteiger partial charge in [0.25, 0.3) is 0 Å². The smallest absolute Gasteiger partial charge is 0.127 e. The monoisotopic (exact) mass is 527 g/mol. The van der Waals surface area contributed by atoms with Crippen LogP contribution in [0, 0.1) is 0 Å². The number of hydrogen-bond donors (Lipinski definition) is 2. The average Bonchev–Trinajstić information content (AvgIpc) is 2.92. The normalized spacial score (nSPS) is 11.9. The molecule has 0 spiro atoms. The van der Waals surface area contributed by atoms with Crippen molar-refractivity contribution in [3.05, 3.63) is 114 Å². The minimum absolute atomic E-state index is 0.188. The molecule has 5 aromatic rings. The van der Waals surface area contributed by atoms with E-state index >= 15 is 0 Å². The Morgan fingerprint density at radius 3 is 1.10 bits per heavy atom. The standard InChI is InChI=1S/C37H37NO2/c1-36(2,3)30-20-11-18-28(34(30)39)24-14-7-9-16-26(24)32-22-13-23-33(38-32)27-17-10-8-15-25(27)29-19-12-21-31(35(29)40)37(4,5)6/h7-23,39-40H,1-6H3. The van der Waals surface area contributed by atoms with E-state index in [1.165, 1.54) is 0 Å². The van der Waals surface area contributed by atoms with Crippen molar-refractivity contribution < 1.29 is 10.2 Å². The van der Waals surface area contributed by atoms with Gasteiger partial charge in [-0.05, 0) is 45.2 Å². The summed E-state index contributed by atoms with van der Waals surface area (Å²) in [5, 5.41) is 22.6. The second-order valence-corrected chi connectivity index (χ2v) is 12.4. The van der Waals surface area contributed by atoms with E-state index < -0.39 is 0 Å². The number of phenolic OH excluding ortho intramolecular Hbond substituents is 2. The van der Waals surface area contributed by atoms with Crippen molar-refractivity contribution >= 4 is 0 Å². The summed E-state index contributed by atoms with van der Waals surface area (Å²) >= 11 is 0. The van der Waals surface area contributed by atoms with Crippen LogP contribution in [0.4, 0.5) is 0 Å². The van der Waals surface area contributed by atoms with Crippen LogP contribution in [0.2, 0.25) is 0 Å². The zero-order valence-electron chi connectivity index (χ0n) is 24.2. The molecule has 40 heavy (non-hydrogen) atoms. The molecule has 3 nitrogen and oxygen atoms in total. The summed E-state index contributed by atoms with van der Waals surface area (Å²) in [6.07, 6.45) is 0. The molecule has 3 heteroatoms. The Morgan fingerprint density at radius 2 is 0.725 bits per heavy atom. The summed E-state index contributed by atoms with van der Waals surface area (Å²) in [6.45, 7) is 12.6. The lowest BCUT2D eigenvalue weighted by atomic mass is 9.83. The molecule has 0 aliphatic heterocycles. The number of nitrogens with zero attached hydrogens (tertiary/aromatic N) is 1. The van der Waals surface area contributed by atoms with Gasteiger partial charge in [-0.1, -0.05) is 133 Å². The largest absolute Gasteiger partial charge is 0.507 e. The molecule has 0 bridgehead atoms. The van der Waals surface area contributed by atoms with Crippen LogP contribution >= 0.6 is 0 Å². The Kier molecular flexibility index (Phi) is 7.01. The van der Waals surface area contributed by atoms with E-state index in [0.29, 0.717) is 11.5 Å². The predicted molar refractivity (Wildman–Crippen MR) is 167 cm³/mol. The molecule has 2 N–H and O–H groups in total. The number of rotatable bonds is 4. The highest BCUT2D eigenvalue weighted by Crippen LogP contribution is 2.44. The van der Waals surface area contributed by atoms with Crippen molar-refractivity contribution in [3.63, 3.8) is 0 Å². The van der Waals surface area contributed by atoms with Gasteiger partial charge in [-0.2, -0.15) is 0 Å². The summed E-state index contributed by atoms with van der Waals surface area (Å²) in [7, 11) is 0. The van der Waals surface area contributed by atoms with Gasteiger partial charge in [-0.3, -0.25) is 0 Å². The Bertz CT molecular complexity index is 1560. The quantitative estimate of drug-likeness (QED) is 0.245. The van der Waals surface area contributed by atoms with E-state index in [1.807, 2.05) is 91.0 Å². The molecule has 5 rings (SSSR count). The van der Waals surface area contributed by atoms with Gasteiger partial charge >= 0.3 is 0 Å². The molecule has 4 aromatic carbocycles. The molecule has 0 aliphatic carbocycles. The fourth-order valence-electron chi connectivity index (χ4n) is 5.35. The van der Waals surface area contributed by atoms with Crippen molar-refractivity contribution in [1.29, 1.82) is 0 Å². The SMILES string of the molecule is CC(C)(C)c1cccc(-c2ccccc2-c2cccc(-c3ccccc3-c3cccc(C(C)(C)C)c3O)n2)c1O. The number of aromatic hydroxyl groups is 2. The fraction of sp³-hybridized carbons (Fsp3) is 0.216. The fourth-order valence-corrected chi connectivity index (χ4v) is 5.35. The highest BCUT2D eigenvalue weighted by Gasteiger charge is 2.23. The van der Waals surface area contributed by atoms with E-state index in [4.69, 9.17) is 4.98 Å². The highest BCUT2D eigenvalue weighted by atomic mass is 16.3. The Labute approximate surface area is 237 Å². The first-order chi connectivity index (χ1) is 19.0. The van der Waals surface area contributed by atoms with E-state index in [9.17, 15) is 10.2 Å². The molecule has 0 aliphatic rings. The predicted octanol–water partition coefficient (Wildman–Crippen LogP) is 9.76. The second kappa shape index (κ2) is 10.3. The molecule has 1 heterocycles. The van der Waals surface area contributed by atoms with Gasteiger partial charge in [0.2, 0.25) is 0 Å². The molecule has 0 atom stereocenters. The van der Waals surface area contributed by atoms with Gasteiger partial charge in [0.1, 0.15) is 11.5 Å². The third kappa shape index (κ3) is 5.12. The second-order valence-electron chi connectivity index (χ2n) is 12.4. The summed E-state index contributed by atoms with van der Waals surface area (Å²) in [4.78, 5) is 5.12. The Hall–Kier alpha value is -4.37. The molecule has 202 valence electrons. The lowest BCUT2D eigenvalue weighted by Gasteiger charge is -2.23. The Balaban J connectivity index is 1.65. The maximum absolute atomic E-state index is 11.3. The molecule has 0 fully saturated rings. The van der Waals surface area contributed by atoms with Crippen LogP contribution in [-0.4, -0.2) is 15.2 Å². The third-order valence-electron chi connectivity index (χ3n) is 7.42. The van der Waals surface area contributed by atoms with Crippen LogP contribution in [-0.2, 0) is 10.8 Å². The minimum atomic E-state index is -0.188. The number of hydrogen-bond acceptors (Lipinski definition) is 3. The van der Waals surface area contributed by atoms with Crippen LogP contribution in [0.25, 0.3) is 44.8 Å². The zero-order valence-corrected chi connectivity index (χ0v) is 24.2. The van der Waals surface area contributed by atoms with E-state index in [0.717, 1.165) is 55.9 Å². The number of phenols is 2. The third-order valence-corrected chi connectivity index (χ3v) is 7.42. The highest BCUT2D eigenvalue weighted by molar-refractivity contribution is 5.88. The molecule has 0 amide bonds. The average molecular weight is 528 g/mol. The molecule has 0 unspecified atom stereocenters.